The summed E-state index contributed by atoms with van der Waals surface area (Å²) in [7, 11) is 0. The van der Waals surface area contributed by atoms with Crippen LogP contribution in [-0.4, -0.2) is 11.0 Å². The summed E-state index contributed by atoms with van der Waals surface area (Å²) in [5, 5.41) is 12.2. The Labute approximate surface area is 110 Å². The Bertz CT molecular complexity index is 638. The van der Waals surface area contributed by atoms with E-state index in [1.54, 1.807) is 26.0 Å². The molecule has 0 aliphatic heterocycles. The first-order valence-corrected chi connectivity index (χ1v) is 5.84. The Morgan fingerprint density at radius 1 is 1.11 bits per heavy atom. The van der Waals surface area contributed by atoms with E-state index in [4.69, 9.17) is 0 Å². The van der Waals surface area contributed by atoms with Gasteiger partial charge in [0.25, 0.3) is 5.91 Å². The molecule has 0 saturated heterocycles. The van der Waals surface area contributed by atoms with Crippen molar-refractivity contribution < 1.29 is 14.3 Å². The zero-order valence-electron chi connectivity index (χ0n) is 10.7. The van der Waals surface area contributed by atoms with Crippen LogP contribution >= 0.6 is 0 Å². The lowest BCUT2D eigenvalue weighted by atomic mass is 10.1. The quantitative estimate of drug-likeness (QED) is 0.868. The fraction of sp³-hybridized carbons (Fsp3) is 0.133. The molecule has 1 amide bonds. The lowest BCUT2D eigenvalue weighted by molar-refractivity contribution is 0.102. The van der Waals surface area contributed by atoms with E-state index in [0.29, 0.717) is 16.8 Å². The van der Waals surface area contributed by atoms with Crippen LogP contribution in [0.25, 0.3) is 0 Å². The Hall–Kier alpha value is -2.36. The Kier molecular flexibility index (Phi) is 3.51. The molecule has 0 radical (unpaired) electrons. The number of amides is 1. The average Bonchev–Trinajstić information content (AvgIpc) is 2.33. The first kappa shape index (κ1) is 13.1. The molecular weight excluding hydrogens is 245 g/mol. The SMILES string of the molecule is Cc1ccc(NC(=O)c2ccc(F)cc2C)cc1O. The van der Waals surface area contributed by atoms with Crippen molar-refractivity contribution in [3.8, 4) is 5.75 Å². The molecule has 19 heavy (non-hydrogen) atoms. The second-order valence-corrected chi connectivity index (χ2v) is 4.41. The number of rotatable bonds is 2. The van der Waals surface area contributed by atoms with Gasteiger partial charge in [-0.25, -0.2) is 4.39 Å². The normalized spacial score (nSPS) is 10.3. The standard InChI is InChI=1S/C15H14FNO2/c1-9-3-5-12(8-14(9)18)17-15(19)13-6-4-11(16)7-10(13)2/h3-8,18H,1-2H3,(H,17,19). The monoisotopic (exact) mass is 259 g/mol. The summed E-state index contributed by atoms with van der Waals surface area (Å²) in [4.78, 5) is 12.0. The average molecular weight is 259 g/mol. The van der Waals surface area contributed by atoms with Crippen LogP contribution in [0.3, 0.4) is 0 Å². The van der Waals surface area contributed by atoms with Crippen LogP contribution in [0.15, 0.2) is 36.4 Å². The molecule has 2 aromatic rings. The minimum atomic E-state index is -0.373. The molecule has 0 aromatic heterocycles. The molecule has 98 valence electrons. The van der Waals surface area contributed by atoms with E-state index in [-0.39, 0.29) is 17.5 Å². The highest BCUT2D eigenvalue weighted by molar-refractivity contribution is 6.05. The first-order chi connectivity index (χ1) is 8.97. The van der Waals surface area contributed by atoms with E-state index in [0.717, 1.165) is 5.56 Å². The summed E-state index contributed by atoms with van der Waals surface area (Å²) < 4.78 is 13.0. The molecular formula is C15H14FNO2. The second kappa shape index (κ2) is 5.10. The summed E-state index contributed by atoms with van der Waals surface area (Å²) >= 11 is 0. The van der Waals surface area contributed by atoms with Crippen LogP contribution in [0.2, 0.25) is 0 Å². The molecule has 0 atom stereocenters. The summed E-state index contributed by atoms with van der Waals surface area (Å²) in [6, 6.07) is 8.88. The van der Waals surface area contributed by atoms with E-state index in [9.17, 15) is 14.3 Å². The Morgan fingerprint density at radius 2 is 1.84 bits per heavy atom. The molecule has 3 nitrogen and oxygen atoms in total. The number of aromatic hydroxyl groups is 1. The lowest BCUT2D eigenvalue weighted by Crippen LogP contribution is -2.13. The van der Waals surface area contributed by atoms with Gasteiger partial charge in [0.1, 0.15) is 11.6 Å². The minimum absolute atomic E-state index is 0.119. The van der Waals surface area contributed by atoms with Crippen molar-refractivity contribution in [3.05, 3.63) is 58.9 Å². The van der Waals surface area contributed by atoms with Crippen LogP contribution in [-0.2, 0) is 0 Å². The Balaban J connectivity index is 2.23. The molecule has 0 bridgehead atoms. The zero-order chi connectivity index (χ0) is 14.0. The summed E-state index contributed by atoms with van der Waals surface area (Å²) in [6.45, 7) is 3.44. The summed E-state index contributed by atoms with van der Waals surface area (Å²) in [5.74, 6) is -0.587. The van der Waals surface area contributed by atoms with Gasteiger partial charge in [-0.3, -0.25) is 4.79 Å². The van der Waals surface area contributed by atoms with Crippen LogP contribution in [0, 0.1) is 19.7 Å². The maximum absolute atomic E-state index is 13.0. The number of anilines is 1. The second-order valence-electron chi connectivity index (χ2n) is 4.41. The van der Waals surface area contributed by atoms with Gasteiger partial charge >= 0.3 is 0 Å². The number of halogens is 1. The lowest BCUT2D eigenvalue weighted by Gasteiger charge is -2.09. The highest BCUT2D eigenvalue weighted by Gasteiger charge is 2.10. The van der Waals surface area contributed by atoms with Crippen LogP contribution < -0.4 is 5.32 Å². The summed E-state index contributed by atoms with van der Waals surface area (Å²) in [6.07, 6.45) is 0. The minimum Gasteiger partial charge on any atom is -0.508 e. The van der Waals surface area contributed by atoms with E-state index >= 15 is 0 Å². The number of hydrogen-bond acceptors (Lipinski definition) is 2. The van der Waals surface area contributed by atoms with Crippen molar-refractivity contribution >= 4 is 11.6 Å². The van der Waals surface area contributed by atoms with Gasteiger partial charge in [-0.05, 0) is 49.2 Å². The number of benzene rings is 2. The molecule has 0 spiro atoms. The fourth-order valence-electron chi connectivity index (χ4n) is 1.77. The van der Waals surface area contributed by atoms with Crippen molar-refractivity contribution in [1.29, 1.82) is 0 Å². The Morgan fingerprint density at radius 3 is 2.47 bits per heavy atom. The van der Waals surface area contributed by atoms with E-state index < -0.39 is 0 Å². The van der Waals surface area contributed by atoms with Gasteiger partial charge in [0, 0.05) is 17.3 Å². The van der Waals surface area contributed by atoms with E-state index in [1.807, 2.05) is 0 Å². The molecule has 2 rings (SSSR count). The molecule has 2 aromatic carbocycles. The van der Waals surface area contributed by atoms with E-state index in [2.05, 4.69) is 5.32 Å². The number of phenols is 1. The van der Waals surface area contributed by atoms with Gasteiger partial charge in [-0.15, -0.1) is 0 Å². The van der Waals surface area contributed by atoms with Gasteiger partial charge in [0.05, 0.1) is 0 Å². The van der Waals surface area contributed by atoms with E-state index in [1.165, 1.54) is 24.3 Å². The van der Waals surface area contributed by atoms with Gasteiger partial charge in [-0.2, -0.15) is 0 Å². The third-order valence-electron chi connectivity index (χ3n) is 2.90. The third kappa shape index (κ3) is 2.91. The van der Waals surface area contributed by atoms with Crippen LogP contribution in [0.1, 0.15) is 21.5 Å². The summed E-state index contributed by atoms with van der Waals surface area (Å²) in [5.41, 5.74) is 2.20. The number of carbonyl (C=O) groups is 1. The van der Waals surface area contributed by atoms with Gasteiger partial charge < -0.3 is 10.4 Å². The highest BCUT2D eigenvalue weighted by atomic mass is 19.1. The molecule has 0 heterocycles. The molecule has 0 aliphatic carbocycles. The van der Waals surface area contributed by atoms with Gasteiger partial charge in [0.2, 0.25) is 0 Å². The van der Waals surface area contributed by atoms with Crippen molar-refractivity contribution in [3.63, 3.8) is 0 Å². The van der Waals surface area contributed by atoms with Crippen molar-refractivity contribution in [2.75, 3.05) is 5.32 Å². The van der Waals surface area contributed by atoms with Crippen LogP contribution in [0.4, 0.5) is 10.1 Å². The smallest absolute Gasteiger partial charge is 0.255 e. The first-order valence-electron chi connectivity index (χ1n) is 5.84. The molecule has 4 heteroatoms. The molecule has 0 fully saturated rings. The fourth-order valence-corrected chi connectivity index (χ4v) is 1.77. The maximum atomic E-state index is 13.0. The third-order valence-corrected chi connectivity index (χ3v) is 2.90. The van der Waals surface area contributed by atoms with Crippen molar-refractivity contribution in [2.45, 2.75) is 13.8 Å². The zero-order valence-corrected chi connectivity index (χ0v) is 10.7. The number of nitrogens with one attached hydrogen (secondary N) is 1. The number of aryl methyl sites for hydroxylation is 2. The number of carbonyl (C=O) groups excluding carboxylic acids is 1. The molecule has 2 N–H and O–H groups in total. The largest absolute Gasteiger partial charge is 0.508 e. The predicted molar refractivity (Wildman–Crippen MR) is 71.9 cm³/mol. The molecule has 0 unspecified atom stereocenters. The maximum Gasteiger partial charge on any atom is 0.255 e. The highest BCUT2D eigenvalue weighted by Crippen LogP contribution is 2.21. The van der Waals surface area contributed by atoms with Crippen molar-refractivity contribution in [1.82, 2.24) is 0 Å². The topological polar surface area (TPSA) is 49.3 Å². The number of hydrogen-bond donors (Lipinski definition) is 2. The molecule has 0 saturated carbocycles. The number of phenolic OH excluding ortho intramolecular Hbond substituents is 1. The van der Waals surface area contributed by atoms with Crippen LogP contribution in [0.5, 0.6) is 5.75 Å². The van der Waals surface area contributed by atoms with Crippen molar-refractivity contribution in [2.24, 2.45) is 0 Å². The molecule has 0 aliphatic rings. The predicted octanol–water partition coefficient (Wildman–Crippen LogP) is 3.40. The van der Waals surface area contributed by atoms with Gasteiger partial charge in [0.15, 0.2) is 0 Å². The van der Waals surface area contributed by atoms with Gasteiger partial charge in [-0.1, -0.05) is 6.07 Å².